The minimum atomic E-state index is -1.40. The molecule has 0 saturated heterocycles. The molecule has 0 fully saturated rings. The summed E-state index contributed by atoms with van der Waals surface area (Å²) < 4.78 is 7.60. The first-order valence-corrected chi connectivity index (χ1v) is 16.9. The maximum atomic E-state index is 13.5. The van der Waals surface area contributed by atoms with Crippen molar-refractivity contribution in [2.75, 3.05) is 6.61 Å². The van der Waals surface area contributed by atoms with Gasteiger partial charge in [-0.3, -0.25) is 19.2 Å². The Morgan fingerprint density at radius 2 is 1.73 bits per heavy atom. The van der Waals surface area contributed by atoms with Crippen LogP contribution in [0.5, 0.6) is 5.75 Å². The highest BCUT2D eigenvalue weighted by Crippen LogP contribution is 2.27. The molecule has 5 N–H and O–H groups in total. The molecule has 1 aliphatic rings. The molecule has 49 heavy (non-hydrogen) atoms. The third-order valence-electron chi connectivity index (χ3n) is 8.00. The van der Waals surface area contributed by atoms with Crippen LogP contribution in [0, 0.1) is 12.8 Å². The molecule has 4 aromatic rings. The predicted octanol–water partition coefficient (Wildman–Crippen LogP) is 2.09. The monoisotopic (exact) mass is 688 g/mol. The average molecular weight is 689 g/mol. The van der Waals surface area contributed by atoms with Crippen LogP contribution >= 0.6 is 11.3 Å². The van der Waals surface area contributed by atoms with E-state index in [0.717, 1.165) is 11.1 Å². The number of thiazole rings is 1. The third kappa shape index (κ3) is 9.06. The Balaban J connectivity index is 1.45. The van der Waals surface area contributed by atoms with E-state index in [1.54, 1.807) is 29.1 Å². The summed E-state index contributed by atoms with van der Waals surface area (Å²) in [6.45, 7) is 7.75. The molecular weight excluding hydrogens is 648 g/mol. The smallest absolute Gasteiger partial charge is 0.271 e. The highest BCUT2D eigenvalue weighted by Gasteiger charge is 2.32. The number of aryl methyl sites for hydroxylation is 1. The summed E-state index contributed by atoms with van der Waals surface area (Å²) in [5.41, 5.74) is 2.54. The minimum absolute atomic E-state index is 0.0189. The van der Waals surface area contributed by atoms with E-state index in [1.165, 1.54) is 23.6 Å². The summed E-state index contributed by atoms with van der Waals surface area (Å²) >= 11 is 1.19. The molecule has 0 aliphatic carbocycles. The highest BCUT2D eigenvalue weighted by atomic mass is 32.1. The first kappa shape index (κ1) is 35.2. The van der Waals surface area contributed by atoms with Crippen LogP contribution in [-0.2, 0) is 29.1 Å². The maximum Gasteiger partial charge on any atom is 0.271 e. The lowest BCUT2D eigenvalue weighted by Crippen LogP contribution is -2.57. The van der Waals surface area contributed by atoms with Crippen molar-refractivity contribution < 1.29 is 29.0 Å². The van der Waals surface area contributed by atoms with E-state index >= 15 is 0 Å². The Kier molecular flexibility index (Phi) is 11.4. The van der Waals surface area contributed by atoms with Crippen LogP contribution in [0.1, 0.15) is 69.5 Å². The molecule has 0 spiro atoms. The Labute approximate surface area is 287 Å². The van der Waals surface area contributed by atoms with Gasteiger partial charge in [0.2, 0.25) is 11.8 Å². The number of fused-ring (bicyclic) bond motifs is 6. The van der Waals surface area contributed by atoms with Gasteiger partial charge in [-0.1, -0.05) is 55.5 Å². The van der Waals surface area contributed by atoms with Gasteiger partial charge in [0.15, 0.2) is 0 Å². The van der Waals surface area contributed by atoms with Crippen LogP contribution in [0.15, 0.2) is 60.1 Å². The molecular formula is C34H40N8O6S. The zero-order chi connectivity index (χ0) is 35.1. The third-order valence-corrected chi connectivity index (χ3v) is 8.93. The molecule has 6 bridgehead atoms. The topological polar surface area (TPSA) is 189 Å². The molecule has 2 aromatic heterocycles. The lowest BCUT2D eigenvalue weighted by Gasteiger charge is -2.24. The second kappa shape index (κ2) is 15.8. The predicted molar refractivity (Wildman–Crippen MR) is 181 cm³/mol. The number of carbonyl (C=O) groups excluding carboxylic acids is 4. The average Bonchev–Trinajstić information content (AvgIpc) is 3.75. The Morgan fingerprint density at radius 3 is 2.47 bits per heavy atom. The highest BCUT2D eigenvalue weighted by molar-refractivity contribution is 7.09. The molecule has 4 atom stereocenters. The summed E-state index contributed by atoms with van der Waals surface area (Å²) in [4.78, 5) is 58.2. The summed E-state index contributed by atoms with van der Waals surface area (Å²) in [6, 6.07) is 11.4. The van der Waals surface area contributed by atoms with Gasteiger partial charge in [-0.15, -0.1) is 16.4 Å². The number of amides is 4. The fourth-order valence-corrected chi connectivity index (χ4v) is 6.21. The van der Waals surface area contributed by atoms with Crippen LogP contribution in [0.2, 0.25) is 0 Å². The fourth-order valence-electron chi connectivity index (χ4n) is 5.19. The van der Waals surface area contributed by atoms with Crippen molar-refractivity contribution in [2.24, 2.45) is 5.92 Å². The molecule has 0 radical (unpaired) electrons. The van der Waals surface area contributed by atoms with Crippen molar-refractivity contribution in [1.82, 2.24) is 41.2 Å². The van der Waals surface area contributed by atoms with Crippen molar-refractivity contribution >= 4 is 35.0 Å². The van der Waals surface area contributed by atoms with E-state index in [1.807, 2.05) is 51.1 Å². The molecule has 258 valence electrons. The fraction of sp³-hybridized carbons (Fsp3) is 0.382. The van der Waals surface area contributed by atoms with Gasteiger partial charge in [0.25, 0.3) is 11.8 Å². The van der Waals surface area contributed by atoms with Gasteiger partial charge in [-0.2, -0.15) is 0 Å². The number of rotatable bonds is 4. The van der Waals surface area contributed by atoms with E-state index in [-0.39, 0.29) is 37.1 Å². The van der Waals surface area contributed by atoms with Gasteiger partial charge < -0.3 is 31.1 Å². The number of nitrogens with one attached hydrogen (secondary N) is 4. The van der Waals surface area contributed by atoms with Gasteiger partial charge in [0.1, 0.15) is 40.8 Å². The van der Waals surface area contributed by atoms with Crippen molar-refractivity contribution in [3.05, 3.63) is 93.2 Å². The van der Waals surface area contributed by atoms with Gasteiger partial charge >= 0.3 is 0 Å². The van der Waals surface area contributed by atoms with Crippen molar-refractivity contribution in [2.45, 2.75) is 71.4 Å². The number of aliphatic hydroxyl groups is 1. The van der Waals surface area contributed by atoms with E-state index in [4.69, 9.17) is 4.74 Å². The second-order valence-electron chi connectivity index (χ2n) is 12.2. The SMILES string of the molecule is Cc1ccc2cc1OCCn1cc(nn1)CNC(=O)[C@@H](Cc1ccccc1)NC(=O)[C@H]([C@@H](C)O)NC(=O)c1csc(n1)[C@H](C(C)C)NC2=O. The van der Waals surface area contributed by atoms with Gasteiger partial charge in [-0.25, -0.2) is 9.67 Å². The quantitative estimate of drug-likeness (QED) is 0.214. The molecule has 15 heteroatoms. The zero-order valence-corrected chi connectivity index (χ0v) is 28.5. The van der Waals surface area contributed by atoms with E-state index in [9.17, 15) is 24.3 Å². The van der Waals surface area contributed by atoms with E-state index in [2.05, 4.69) is 36.6 Å². The number of nitrogens with zero attached hydrogens (tertiary/aromatic N) is 4. The van der Waals surface area contributed by atoms with Crippen molar-refractivity contribution in [1.29, 1.82) is 0 Å². The van der Waals surface area contributed by atoms with Crippen molar-refractivity contribution in [3.63, 3.8) is 0 Å². The largest absolute Gasteiger partial charge is 0.491 e. The number of ether oxygens (including phenoxy) is 1. The first-order chi connectivity index (χ1) is 23.5. The molecule has 2 aromatic carbocycles. The Morgan fingerprint density at radius 1 is 0.980 bits per heavy atom. The van der Waals surface area contributed by atoms with Gasteiger partial charge in [0, 0.05) is 17.4 Å². The first-order valence-electron chi connectivity index (χ1n) is 16.0. The number of hydrogen-bond donors (Lipinski definition) is 5. The second-order valence-corrected chi connectivity index (χ2v) is 13.1. The molecule has 3 heterocycles. The molecule has 5 rings (SSSR count). The standard InChI is InChI=1S/C34H40N8O6S/c1-19(2)28-34-37-26(18-49-34)32(46)39-29(21(4)43)33(47)36-25(14-22-8-6-5-7-9-22)31(45)35-16-24-17-42(41-40-24)12-13-48-27-15-23(30(44)38-28)11-10-20(27)3/h5-11,15,17-19,21,25,28-29,43H,12-14,16H2,1-4H3,(H,35,45)(H,36,47)(H,38,44)(H,39,46)/t21-,25-,28+,29+/m1/s1. The number of aliphatic hydroxyl groups excluding tert-OH is 1. The number of aromatic nitrogens is 4. The molecule has 1 aliphatic heterocycles. The van der Waals surface area contributed by atoms with E-state index < -0.39 is 42.0 Å². The maximum absolute atomic E-state index is 13.5. The molecule has 0 unspecified atom stereocenters. The number of hydrogen-bond acceptors (Lipinski definition) is 10. The van der Waals surface area contributed by atoms with Gasteiger partial charge in [0.05, 0.1) is 31.4 Å². The summed E-state index contributed by atoms with van der Waals surface area (Å²) in [6.07, 6.45) is 0.529. The minimum Gasteiger partial charge on any atom is -0.491 e. The Bertz CT molecular complexity index is 1790. The Hall–Kier alpha value is -5.15. The van der Waals surface area contributed by atoms with Crippen LogP contribution in [0.4, 0.5) is 0 Å². The summed E-state index contributed by atoms with van der Waals surface area (Å²) in [7, 11) is 0. The summed E-state index contributed by atoms with van der Waals surface area (Å²) in [5.74, 6) is -1.80. The van der Waals surface area contributed by atoms with Crippen LogP contribution < -0.4 is 26.0 Å². The summed E-state index contributed by atoms with van der Waals surface area (Å²) in [5, 5.41) is 31.9. The van der Waals surface area contributed by atoms with Gasteiger partial charge in [-0.05, 0) is 43.0 Å². The van der Waals surface area contributed by atoms with Crippen LogP contribution in [0.3, 0.4) is 0 Å². The molecule has 0 saturated carbocycles. The lowest BCUT2D eigenvalue weighted by atomic mass is 10.0. The molecule has 4 amide bonds. The van der Waals surface area contributed by atoms with Crippen LogP contribution in [0.25, 0.3) is 0 Å². The number of benzene rings is 2. The molecule has 14 nitrogen and oxygen atoms in total. The van der Waals surface area contributed by atoms with E-state index in [0.29, 0.717) is 28.6 Å². The number of carbonyl (C=O) groups is 4. The normalized spacial score (nSPS) is 20.2. The lowest BCUT2D eigenvalue weighted by molar-refractivity contribution is -0.131. The van der Waals surface area contributed by atoms with Crippen molar-refractivity contribution in [3.8, 4) is 5.75 Å². The van der Waals surface area contributed by atoms with Crippen LogP contribution in [-0.4, -0.2) is 73.5 Å². The zero-order valence-electron chi connectivity index (χ0n) is 27.7.